The van der Waals surface area contributed by atoms with Crippen LogP contribution in [0.1, 0.15) is 26.7 Å². The Balaban J connectivity index is 2.51. The third-order valence-electron chi connectivity index (χ3n) is 2.89. The van der Waals surface area contributed by atoms with Crippen LogP contribution in [0, 0.1) is 16.7 Å². The van der Waals surface area contributed by atoms with E-state index in [9.17, 15) is 0 Å². The number of hydrogen-bond donors (Lipinski definition) is 1. The largest absolute Gasteiger partial charge is 0.383 e. The highest BCUT2D eigenvalue weighted by atomic mass is 15.1. The monoisotopic (exact) mass is 246 g/mol. The van der Waals surface area contributed by atoms with E-state index in [4.69, 9.17) is 5.26 Å². The van der Waals surface area contributed by atoms with Crippen molar-refractivity contribution in [3.05, 3.63) is 18.3 Å². The molecule has 1 aromatic rings. The molecule has 0 aliphatic heterocycles. The molecule has 0 bridgehead atoms. The lowest BCUT2D eigenvalue weighted by atomic mass is 9.88. The van der Waals surface area contributed by atoms with Crippen LogP contribution in [0.5, 0.6) is 0 Å². The van der Waals surface area contributed by atoms with Gasteiger partial charge >= 0.3 is 0 Å². The first-order chi connectivity index (χ1) is 8.44. The maximum atomic E-state index is 8.61. The van der Waals surface area contributed by atoms with Gasteiger partial charge in [0.25, 0.3) is 0 Å². The average Bonchev–Trinajstić information content (AvgIpc) is 2.35. The van der Waals surface area contributed by atoms with Gasteiger partial charge in [0.2, 0.25) is 0 Å². The van der Waals surface area contributed by atoms with Crippen molar-refractivity contribution in [1.82, 2.24) is 4.98 Å². The molecule has 0 saturated carbocycles. The average molecular weight is 246 g/mol. The highest BCUT2D eigenvalue weighted by molar-refractivity contribution is 5.47. The number of hydrogen-bond acceptors (Lipinski definition) is 4. The molecule has 0 radical (unpaired) electrons. The van der Waals surface area contributed by atoms with E-state index in [1.54, 1.807) is 0 Å². The van der Waals surface area contributed by atoms with Crippen molar-refractivity contribution in [2.75, 3.05) is 30.9 Å². The summed E-state index contributed by atoms with van der Waals surface area (Å²) in [6.45, 7) is 5.18. The summed E-state index contributed by atoms with van der Waals surface area (Å²) in [6, 6.07) is 6.22. The third-order valence-corrected chi connectivity index (χ3v) is 2.89. The van der Waals surface area contributed by atoms with Crippen molar-refractivity contribution in [3.63, 3.8) is 0 Å². The van der Waals surface area contributed by atoms with Gasteiger partial charge in [-0.1, -0.05) is 13.8 Å². The molecule has 1 N–H and O–H groups in total. The van der Waals surface area contributed by atoms with Crippen LogP contribution in [0.15, 0.2) is 18.3 Å². The Morgan fingerprint density at radius 2 is 2.11 bits per heavy atom. The molecule has 0 atom stereocenters. The Hall–Kier alpha value is -1.76. The van der Waals surface area contributed by atoms with Gasteiger partial charge in [-0.15, -0.1) is 0 Å². The predicted octanol–water partition coefficient (Wildman–Crippen LogP) is 2.89. The van der Waals surface area contributed by atoms with E-state index >= 15 is 0 Å². The zero-order chi connectivity index (χ0) is 13.6. The van der Waals surface area contributed by atoms with E-state index in [2.05, 4.69) is 30.2 Å². The second-order valence-electron chi connectivity index (χ2n) is 5.48. The number of nitriles is 1. The number of nitrogens with one attached hydrogen (secondary N) is 1. The molecule has 0 amide bonds. The molecule has 18 heavy (non-hydrogen) atoms. The predicted molar refractivity (Wildman–Crippen MR) is 75.7 cm³/mol. The first-order valence-electron chi connectivity index (χ1n) is 6.19. The van der Waals surface area contributed by atoms with Crippen LogP contribution in [0.25, 0.3) is 0 Å². The second-order valence-corrected chi connectivity index (χ2v) is 5.48. The molecule has 1 rings (SSSR count). The molecular formula is C14H22N4. The highest BCUT2D eigenvalue weighted by Crippen LogP contribution is 2.23. The van der Waals surface area contributed by atoms with E-state index in [1.807, 2.05) is 37.3 Å². The van der Waals surface area contributed by atoms with Gasteiger partial charge in [0.05, 0.1) is 18.0 Å². The second kappa shape index (κ2) is 6.25. The molecule has 4 heteroatoms. The Kier molecular flexibility index (Phi) is 4.96. The number of nitrogens with zero attached hydrogens (tertiary/aromatic N) is 3. The minimum Gasteiger partial charge on any atom is -0.383 e. The Labute approximate surface area is 110 Å². The molecule has 0 saturated heterocycles. The molecule has 1 aromatic heterocycles. The topological polar surface area (TPSA) is 52.0 Å². The van der Waals surface area contributed by atoms with E-state index in [1.165, 1.54) is 0 Å². The minimum atomic E-state index is 0.121. The molecule has 4 nitrogen and oxygen atoms in total. The van der Waals surface area contributed by atoms with Gasteiger partial charge in [-0.25, -0.2) is 4.98 Å². The fraction of sp³-hybridized carbons (Fsp3) is 0.571. The van der Waals surface area contributed by atoms with E-state index in [0.717, 1.165) is 24.5 Å². The zero-order valence-electron chi connectivity index (χ0n) is 11.7. The normalized spacial score (nSPS) is 10.8. The number of pyridine rings is 1. The van der Waals surface area contributed by atoms with Crippen molar-refractivity contribution < 1.29 is 0 Å². The fourth-order valence-corrected chi connectivity index (χ4v) is 1.58. The summed E-state index contributed by atoms with van der Waals surface area (Å²) >= 11 is 0. The van der Waals surface area contributed by atoms with E-state index < -0.39 is 0 Å². The van der Waals surface area contributed by atoms with Crippen molar-refractivity contribution >= 4 is 11.5 Å². The summed E-state index contributed by atoms with van der Waals surface area (Å²) in [6.07, 6.45) is 3.35. The smallest absolute Gasteiger partial charge is 0.128 e. The van der Waals surface area contributed by atoms with Gasteiger partial charge in [0.15, 0.2) is 0 Å². The van der Waals surface area contributed by atoms with Gasteiger partial charge in [0, 0.05) is 27.1 Å². The van der Waals surface area contributed by atoms with Crippen LogP contribution in [-0.4, -0.2) is 25.6 Å². The SMILES string of the molecule is CN(C)c1ccc(NCC(C)(C)CCC#N)cn1. The summed E-state index contributed by atoms with van der Waals surface area (Å²) in [5, 5.41) is 12.0. The van der Waals surface area contributed by atoms with Gasteiger partial charge in [-0.2, -0.15) is 5.26 Å². The first kappa shape index (κ1) is 14.3. The van der Waals surface area contributed by atoms with Crippen LogP contribution in [0.2, 0.25) is 0 Å². The van der Waals surface area contributed by atoms with Crippen molar-refractivity contribution in [1.29, 1.82) is 5.26 Å². The number of rotatable bonds is 6. The van der Waals surface area contributed by atoms with Gasteiger partial charge in [0.1, 0.15) is 5.82 Å². The minimum absolute atomic E-state index is 0.121. The lowest BCUT2D eigenvalue weighted by Crippen LogP contribution is -2.23. The Bertz CT molecular complexity index is 401. The Morgan fingerprint density at radius 1 is 1.39 bits per heavy atom. The van der Waals surface area contributed by atoms with Gasteiger partial charge in [-0.05, 0) is 24.0 Å². The molecule has 0 fully saturated rings. The van der Waals surface area contributed by atoms with Crippen LogP contribution >= 0.6 is 0 Å². The lowest BCUT2D eigenvalue weighted by Gasteiger charge is -2.24. The number of aromatic nitrogens is 1. The van der Waals surface area contributed by atoms with Crippen LogP contribution in [0.3, 0.4) is 0 Å². The summed E-state index contributed by atoms with van der Waals surface area (Å²) in [4.78, 5) is 6.32. The van der Waals surface area contributed by atoms with Crippen LogP contribution in [0.4, 0.5) is 11.5 Å². The summed E-state index contributed by atoms with van der Waals surface area (Å²) in [5.74, 6) is 0.948. The molecule has 98 valence electrons. The fourth-order valence-electron chi connectivity index (χ4n) is 1.58. The standard InChI is InChI=1S/C14H22N4/c1-14(2,8-5-9-15)11-17-12-6-7-13(16-10-12)18(3)4/h6-7,10,17H,5,8,11H2,1-4H3. The molecule has 0 aliphatic carbocycles. The van der Waals surface area contributed by atoms with Crippen molar-refractivity contribution in [2.45, 2.75) is 26.7 Å². The highest BCUT2D eigenvalue weighted by Gasteiger charge is 2.16. The third kappa shape index (κ3) is 4.62. The van der Waals surface area contributed by atoms with Crippen molar-refractivity contribution in [2.24, 2.45) is 5.41 Å². The van der Waals surface area contributed by atoms with Gasteiger partial charge in [-0.3, -0.25) is 0 Å². The molecule has 0 unspecified atom stereocenters. The molecular weight excluding hydrogens is 224 g/mol. The molecule has 0 aromatic carbocycles. The van der Waals surface area contributed by atoms with Crippen LogP contribution < -0.4 is 10.2 Å². The summed E-state index contributed by atoms with van der Waals surface area (Å²) < 4.78 is 0. The van der Waals surface area contributed by atoms with E-state index in [-0.39, 0.29) is 5.41 Å². The van der Waals surface area contributed by atoms with Gasteiger partial charge < -0.3 is 10.2 Å². The molecule has 0 spiro atoms. The first-order valence-corrected chi connectivity index (χ1v) is 6.19. The summed E-state index contributed by atoms with van der Waals surface area (Å²) in [5.41, 5.74) is 1.14. The Morgan fingerprint density at radius 3 is 2.61 bits per heavy atom. The number of anilines is 2. The maximum Gasteiger partial charge on any atom is 0.128 e. The van der Waals surface area contributed by atoms with E-state index in [0.29, 0.717) is 6.42 Å². The molecule has 1 heterocycles. The quantitative estimate of drug-likeness (QED) is 0.838. The summed E-state index contributed by atoms with van der Waals surface area (Å²) in [7, 11) is 3.95. The lowest BCUT2D eigenvalue weighted by molar-refractivity contribution is 0.364. The maximum absolute atomic E-state index is 8.61. The van der Waals surface area contributed by atoms with Crippen LogP contribution in [-0.2, 0) is 0 Å². The zero-order valence-corrected chi connectivity index (χ0v) is 11.7. The van der Waals surface area contributed by atoms with Crippen molar-refractivity contribution in [3.8, 4) is 6.07 Å². The molecule has 0 aliphatic rings.